The van der Waals surface area contributed by atoms with Crippen LogP contribution in [-0.4, -0.2) is 17.9 Å². The third kappa shape index (κ3) is 2.84. The molecule has 3 nitrogen and oxygen atoms in total. The number of methoxy groups -OCH3 is 1. The quantitative estimate of drug-likeness (QED) is 0.799. The predicted molar refractivity (Wildman–Crippen MR) is 68.2 cm³/mol. The van der Waals surface area contributed by atoms with E-state index in [-0.39, 0.29) is 5.78 Å². The van der Waals surface area contributed by atoms with Crippen LogP contribution in [0.15, 0.2) is 29.9 Å². The third-order valence-corrected chi connectivity index (χ3v) is 3.30. The second-order valence-electron chi connectivity index (χ2n) is 3.41. The van der Waals surface area contributed by atoms with E-state index in [1.165, 1.54) is 18.4 Å². The number of benzene rings is 1. The highest BCUT2D eigenvalue weighted by Gasteiger charge is 2.13. The molecule has 0 saturated carbocycles. The van der Waals surface area contributed by atoms with E-state index in [0.717, 1.165) is 4.88 Å². The molecule has 0 aliphatic heterocycles. The van der Waals surface area contributed by atoms with Gasteiger partial charge in [-0.25, -0.2) is 0 Å². The first-order valence-electron chi connectivity index (χ1n) is 4.95. The van der Waals surface area contributed by atoms with Crippen LogP contribution in [0.1, 0.15) is 15.2 Å². The van der Waals surface area contributed by atoms with Crippen molar-refractivity contribution in [3.63, 3.8) is 0 Å². The molecule has 1 aromatic heterocycles. The van der Waals surface area contributed by atoms with Crippen molar-refractivity contribution in [2.45, 2.75) is 6.42 Å². The number of ether oxygens (including phenoxy) is 1. The standard InChI is InChI=1S/C12H10ClNO2S/c1-16-12-4-8(13)2-3-10(12)11(15)5-9-6-14-7-17-9/h2-4,6-7H,5H2,1H3. The van der Waals surface area contributed by atoms with Gasteiger partial charge in [-0.2, -0.15) is 0 Å². The lowest BCUT2D eigenvalue weighted by atomic mass is 10.1. The zero-order valence-corrected chi connectivity index (χ0v) is 10.7. The van der Waals surface area contributed by atoms with Crippen molar-refractivity contribution in [1.29, 1.82) is 0 Å². The lowest BCUT2D eigenvalue weighted by Gasteiger charge is -2.07. The molecule has 1 heterocycles. The summed E-state index contributed by atoms with van der Waals surface area (Å²) in [6.07, 6.45) is 2.04. The fourth-order valence-corrected chi connectivity index (χ4v) is 2.23. The first kappa shape index (κ1) is 12.1. The second-order valence-corrected chi connectivity index (χ2v) is 4.82. The first-order valence-corrected chi connectivity index (χ1v) is 6.20. The maximum Gasteiger partial charge on any atom is 0.171 e. The molecule has 0 aliphatic rings. The molecule has 0 unspecified atom stereocenters. The Kier molecular flexibility index (Phi) is 3.76. The number of halogens is 1. The minimum Gasteiger partial charge on any atom is -0.496 e. The van der Waals surface area contributed by atoms with Crippen LogP contribution in [-0.2, 0) is 6.42 Å². The van der Waals surface area contributed by atoms with E-state index in [9.17, 15) is 4.79 Å². The Morgan fingerprint density at radius 2 is 2.35 bits per heavy atom. The molecule has 0 bridgehead atoms. The van der Waals surface area contributed by atoms with E-state index in [2.05, 4.69) is 4.98 Å². The van der Waals surface area contributed by atoms with Crippen molar-refractivity contribution in [3.05, 3.63) is 45.4 Å². The molecule has 0 aliphatic carbocycles. The Balaban J connectivity index is 2.24. The average molecular weight is 268 g/mol. The van der Waals surface area contributed by atoms with Crippen LogP contribution in [0.25, 0.3) is 0 Å². The highest BCUT2D eigenvalue weighted by atomic mass is 35.5. The number of rotatable bonds is 4. The minimum absolute atomic E-state index is 0.00256. The number of nitrogens with zero attached hydrogens (tertiary/aromatic N) is 1. The van der Waals surface area contributed by atoms with Crippen molar-refractivity contribution >= 4 is 28.7 Å². The average Bonchev–Trinajstić information content (AvgIpc) is 2.81. The third-order valence-electron chi connectivity index (χ3n) is 2.28. The lowest BCUT2D eigenvalue weighted by molar-refractivity contribution is 0.0991. The van der Waals surface area contributed by atoms with E-state index in [4.69, 9.17) is 16.3 Å². The van der Waals surface area contributed by atoms with Gasteiger partial charge in [-0.05, 0) is 18.2 Å². The molecule has 0 amide bonds. The molecule has 0 spiro atoms. The van der Waals surface area contributed by atoms with Gasteiger partial charge in [0.05, 0.1) is 18.2 Å². The number of thiazole rings is 1. The van der Waals surface area contributed by atoms with Gasteiger partial charge < -0.3 is 4.74 Å². The number of hydrogen-bond acceptors (Lipinski definition) is 4. The number of aromatic nitrogens is 1. The molecule has 5 heteroatoms. The number of hydrogen-bond donors (Lipinski definition) is 0. The van der Waals surface area contributed by atoms with Gasteiger partial charge in [0.15, 0.2) is 5.78 Å². The normalized spacial score (nSPS) is 10.2. The Morgan fingerprint density at radius 1 is 1.53 bits per heavy atom. The molecule has 2 aromatic rings. The number of Topliss-reactive ketones (excluding diaryl/α,β-unsaturated/α-hetero) is 1. The van der Waals surface area contributed by atoms with Gasteiger partial charge >= 0.3 is 0 Å². The summed E-state index contributed by atoms with van der Waals surface area (Å²) in [4.78, 5) is 16.9. The molecule has 2 rings (SSSR count). The Morgan fingerprint density at radius 3 is 3.00 bits per heavy atom. The van der Waals surface area contributed by atoms with Gasteiger partial charge in [0.25, 0.3) is 0 Å². The number of carbonyl (C=O) groups excluding carboxylic acids is 1. The van der Waals surface area contributed by atoms with E-state index in [1.807, 2.05) is 0 Å². The Labute approximate surface area is 108 Å². The molecule has 0 N–H and O–H groups in total. The van der Waals surface area contributed by atoms with Crippen LogP contribution in [0, 0.1) is 0 Å². The first-order chi connectivity index (χ1) is 8.20. The highest BCUT2D eigenvalue weighted by molar-refractivity contribution is 7.09. The van der Waals surface area contributed by atoms with Crippen molar-refractivity contribution in [2.75, 3.05) is 7.11 Å². The molecule has 1 aromatic carbocycles. The minimum atomic E-state index is 0.00256. The van der Waals surface area contributed by atoms with Gasteiger partial charge in [-0.15, -0.1) is 11.3 Å². The molecule has 0 radical (unpaired) electrons. The van der Waals surface area contributed by atoms with Crippen LogP contribution >= 0.6 is 22.9 Å². The largest absolute Gasteiger partial charge is 0.496 e. The van der Waals surface area contributed by atoms with Crippen molar-refractivity contribution in [1.82, 2.24) is 4.98 Å². The fourth-order valence-electron chi connectivity index (χ4n) is 1.48. The summed E-state index contributed by atoms with van der Waals surface area (Å²) in [6, 6.07) is 5.01. The highest BCUT2D eigenvalue weighted by Crippen LogP contribution is 2.24. The van der Waals surface area contributed by atoms with Gasteiger partial charge in [0.1, 0.15) is 5.75 Å². The molecule has 88 valence electrons. The molecular weight excluding hydrogens is 258 g/mol. The SMILES string of the molecule is COc1cc(Cl)ccc1C(=O)Cc1cncs1. The van der Waals surface area contributed by atoms with Crippen LogP contribution in [0.2, 0.25) is 5.02 Å². The number of ketones is 1. The van der Waals surface area contributed by atoms with E-state index >= 15 is 0 Å². The van der Waals surface area contributed by atoms with Crippen molar-refractivity contribution < 1.29 is 9.53 Å². The summed E-state index contributed by atoms with van der Waals surface area (Å²) < 4.78 is 5.15. The summed E-state index contributed by atoms with van der Waals surface area (Å²) >= 11 is 7.31. The van der Waals surface area contributed by atoms with E-state index in [0.29, 0.717) is 22.8 Å². The van der Waals surface area contributed by atoms with Crippen LogP contribution < -0.4 is 4.74 Å². The summed E-state index contributed by atoms with van der Waals surface area (Å²) in [5.41, 5.74) is 2.26. The fraction of sp³-hybridized carbons (Fsp3) is 0.167. The van der Waals surface area contributed by atoms with Gasteiger partial charge in [0.2, 0.25) is 0 Å². The summed E-state index contributed by atoms with van der Waals surface area (Å²) in [7, 11) is 1.52. The van der Waals surface area contributed by atoms with Crippen LogP contribution in [0.4, 0.5) is 0 Å². The number of carbonyl (C=O) groups is 1. The van der Waals surface area contributed by atoms with E-state index in [1.54, 1.807) is 29.9 Å². The van der Waals surface area contributed by atoms with Gasteiger partial charge in [0, 0.05) is 22.5 Å². The summed E-state index contributed by atoms with van der Waals surface area (Å²) in [5, 5.41) is 0.552. The topological polar surface area (TPSA) is 39.2 Å². The molecule has 0 saturated heterocycles. The Hall–Kier alpha value is -1.39. The van der Waals surface area contributed by atoms with Crippen LogP contribution in [0.5, 0.6) is 5.75 Å². The van der Waals surface area contributed by atoms with Gasteiger partial charge in [-0.3, -0.25) is 9.78 Å². The predicted octanol–water partition coefficient (Wildman–Crippen LogP) is 3.23. The van der Waals surface area contributed by atoms with Crippen LogP contribution in [0.3, 0.4) is 0 Å². The Bertz CT molecular complexity index is 525. The van der Waals surface area contributed by atoms with Gasteiger partial charge in [-0.1, -0.05) is 11.6 Å². The zero-order valence-electron chi connectivity index (χ0n) is 9.14. The maximum atomic E-state index is 12.1. The zero-order chi connectivity index (χ0) is 12.3. The second kappa shape index (κ2) is 5.29. The monoisotopic (exact) mass is 267 g/mol. The summed E-state index contributed by atoms with van der Waals surface area (Å²) in [5.74, 6) is 0.509. The maximum absolute atomic E-state index is 12.1. The van der Waals surface area contributed by atoms with Crippen molar-refractivity contribution in [3.8, 4) is 5.75 Å². The van der Waals surface area contributed by atoms with Crippen molar-refractivity contribution in [2.24, 2.45) is 0 Å². The molecule has 17 heavy (non-hydrogen) atoms. The van der Waals surface area contributed by atoms with E-state index < -0.39 is 0 Å². The molecular formula is C12H10ClNO2S. The molecule has 0 atom stereocenters. The molecule has 0 fully saturated rings. The smallest absolute Gasteiger partial charge is 0.171 e. The lowest BCUT2D eigenvalue weighted by Crippen LogP contribution is -2.04. The summed E-state index contributed by atoms with van der Waals surface area (Å²) in [6.45, 7) is 0.